The zero-order valence-electron chi connectivity index (χ0n) is 14.7. The summed E-state index contributed by atoms with van der Waals surface area (Å²) in [7, 11) is 3.50. The molecule has 1 aromatic rings. The number of carbonyl (C=O) groups is 2. The van der Waals surface area contributed by atoms with E-state index in [1.807, 2.05) is 17.9 Å². The van der Waals surface area contributed by atoms with Crippen LogP contribution in [0.25, 0.3) is 0 Å². The molecule has 2 heterocycles. The van der Waals surface area contributed by atoms with Crippen molar-refractivity contribution in [1.29, 1.82) is 0 Å². The third-order valence-corrected chi connectivity index (χ3v) is 4.25. The van der Waals surface area contributed by atoms with Crippen LogP contribution in [-0.4, -0.2) is 70.5 Å². The lowest BCUT2D eigenvalue weighted by Gasteiger charge is -2.30. The number of piperidine rings is 1. The van der Waals surface area contributed by atoms with Crippen LogP contribution >= 0.6 is 0 Å². The number of carboxylic acids is 1. The first-order chi connectivity index (χ1) is 11.3. The molecule has 1 saturated heterocycles. The minimum Gasteiger partial charge on any atom is -0.480 e. The van der Waals surface area contributed by atoms with Gasteiger partial charge in [0.15, 0.2) is 0 Å². The molecule has 132 valence electrons. The van der Waals surface area contributed by atoms with Crippen molar-refractivity contribution in [2.75, 3.05) is 33.7 Å². The first-order valence-electron chi connectivity index (χ1n) is 8.34. The summed E-state index contributed by atoms with van der Waals surface area (Å²) in [6, 6.07) is 1.92. The third kappa shape index (κ3) is 5.26. The van der Waals surface area contributed by atoms with Crippen LogP contribution in [0.5, 0.6) is 0 Å². The Balaban J connectivity index is 2.07. The lowest BCUT2D eigenvalue weighted by atomic mass is 9.97. The molecule has 2 rings (SSSR count). The molecule has 0 aromatic carbocycles. The summed E-state index contributed by atoms with van der Waals surface area (Å²) in [6.07, 6.45) is 2.94. The second-order valence-corrected chi connectivity index (χ2v) is 6.62. The van der Waals surface area contributed by atoms with Gasteiger partial charge in [0.2, 0.25) is 5.91 Å². The van der Waals surface area contributed by atoms with E-state index in [1.165, 1.54) is 0 Å². The van der Waals surface area contributed by atoms with Crippen molar-refractivity contribution in [2.24, 2.45) is 0 Å². The van der Waals surface area contributed by atoms with Gasteiger partial charge in [0, 0.05) is 44.4 Å². The minimum absolute atomic E-state index is 0.0620. The van der Waals surface area contributed by atoms with Crippen molar-refractivity contribution in [1.82, 2.24) is 19.8 Å². The van der Waals surface area contributed by atoms with Crippen LogP contribution in [0.15, 0.2) is 6.07 Å². The van der Waals surface area contributed by atoms with Gasteiger partial charge in [-0.15, -0.1) is 0 Å². The normalized spacial score (nSPS) is 18.4. The average Bonchev–Trinajstić information content (AvgIpc) is 2.51. The Kier molecular flexibility index (Phi) is 6.25. The van der Waals surface area contributed by atoms with Gasteiger partial charge in [0.05, 0.1) is 6.54 Å². The molecule has 1 aromatic heterocycles. The summed E-state index contributed by atoms with van der Waals surface area (Å²) in [5, 5.41) is 8.97. The molecule has 1 N–H and O–H groups in total. The fourth-order valence-corrected chi connectivity index (χ4v) is 3.03. The Bertz CT molecular complexity index is 603. The number of rotatable bonds is 6. The number of aromatic nitrogens is 2. The highest BCUT2D eigenvalue weighted by atomic mass is 16.4. The van der Waals surface area contributed by atoms with Gasteiger partial charge in [-0.2, -0.15) is 0 Å². The SMILES string of the molecule is Cc1cc(CCC(=O)N(C)C)nc([C@H]2CCCN(CC(=O)O)C2)n1. The smallest absolute Gasteiger partial charge is 0.317 e. The van der Waals surface area contributed by atoms with E-state index in [1.54, 1.807) is 19.0 Å². The van der Waals surface area contributed by atoms with Crippen molar-refractivity contribution < 1.29 is 14.7 Å². The number of aliphatic carboxylic acids is 1. The number of nitrogens with zero attached hydrogens (tertiary/aromatic N) is 4. The molecule has 0 saturated carbocycles. The number of carbonyl (C=O) groups excluding carboxylic acids is 1. The standard InChI is InChI=1S/C17H26N4O3/c1-12-9-14(6-7-15(22)20(2)3)19-17(18-12)13-5-4-8-21(10-13)11-16(23)24/h9,13H,4-8,10-11H2,1-3H3,(H,23,24)/t13-/m0/s1. The van der Waals surface area contributed by atoms with Gasteiger partial charge < -0.3 is 10.0 Å². The molecule has 7 nitrogen and oxygen atoms in total. The zero-order valence-corrected chi connectivity index (χ0v) is 14.7. The number of amides is 1. The molecule has 0 radical (unpaired) electrons. The van der Waals surface area contributed by atoms with Crippen LogP contribution in [0.2, 0.25) is 0 Å². The summed E-state index contributed by atoms with van der Waals surface area (Å²) in [5.74, 6) is 0.209. The molecule has 1 aliphatic heterocycles. The highest BCUT2D eigenvalue weighted by molar-refractivity contribution is 5.75. The number of hydrogen-bond donors (Lipinski definition) is 1. The van der Waals surface area contributed by atoms with Crippen LogP contribution in [0.4, 0.5) is 0 Å². The Morgan fingerprint density at radius 3 is 2.79 bits per heavy atom. The predicted octanol–water partition coefficient (Wildman–Crippen LogP) is 1.07. The van der Waals surface area contributed by atoms with Crippen LogP contribution in [-0.2, 0) is 16.0 Å². The topological polar surface area (TPSA) is 86.6 Å². The van der Waals surface area contributed by atoms with Gasteiger partial charge in [-0.3, -0.25) is 14.5 Å². The molecule has 0 bridgehead atoms. The predicted molar refractivity (Wildman–Crippen MR) is 89.8 cm³/mol. The summed E-state index contributed by atoms with van der Waals surface area (Å²) >= 11 is 0. The lowest BCUT2D eigenvalue weighted by Crippen LogP contribution is -2.38. The molecule has 24 heavy (non-hydrogen) atoms. The minimum atomic E-state index is -0.802. The van der Waals surface area contributed by atoms with Crippen LogP contribution in [0, 0.1) is 6.92 Å². The average molecular weight is 334 g/mol. The fraction of sp³-hybridized carbons (Fsp3) is 0.647. The van der Waals surface area contributed by atoms with E-state index in [0.717, 1.165) is 36.6 Å². The highest BCUT2D eigenvalue weighted by Gasteiger charge is 2.25. The maximum atomic E-state index is 11.8. The number of hydrogen-bond acceptors (Lipinski definition) is 5. The largest absolute Gasteiger partial charge is 0.480 e. The molecule has 1 atom stereocenters. The van der Waals surface area contributed by atoms with Gasteiger partial charge in [-0.25, -0.2) is 9.97 Å². The second-order valence-electron chi connectivity index (χ2n) is 6.62. The van der Waals surface area contributed by atoms with E-state index in [-0.39, 0.29) is 18.4 Å². The maximum Gasteiger partial charge on any atom is 0.317 e. The van der Waals surface area contributed by atoms with Crippen LogP contribution in [0.1, 0.15) is 42.4 Å². The molecular formula is C17H26N4O3. The number of carboxylic acid groups (broad SMARTS) is 1. The second kappa shape index (κ2) is 8.19. The van der Waals surface area contributed by atoms with Gasteiger partial charge in [0.1, 0.15) is 5.82 Å². The highest BCUT2D eigenvalue weighted by Crippen LogP contribution is 2.25. The van der Waals surface area contributed by atoms with E-state index in [0.29, 0.717) is 19.4 Å². The van der Waals surface area contributed by atoms with Crippen molar-refractivity contribution in [2.45, 2.75) is 38.5 Å². The molecule has 1 amide bonds. The maximum absolute atomic E-state index is 11.8. The van der Waals surface area contributed by atoms with E-state index >= 15 is 0 Å². The van der Waals surface area contributed by atoms with Crippen LogP contribution in [0.3, 0.4) is 0 Å². The number of likely N-dealkylation sites (tertiary alicyclic amines) is 1. The molecule has 0 unspecified atom stereocenters. The molecule has 7 heteroatoms. The zero-order chi connectivity index (χ0) is 17.7. The van der Waals surface area contributed by atoms with Crippen molar-refractivity contribution in [3.05, 3.63) is 23.3 Å². The Morgan fingerprint density at radius 2 is 2.12 bits per heavy atom. The van der Waals surface area contributed by atoms with E-state index in [4.69, 9.17) is 5.11 Å². The van der Waals surface area contributed by atoms with Crippen molar-refractivity contribution in [3.63, 3.8) is 0 Å². The molecule has 1 aliphatic rings. The third-order valence-electron chi connectivity index (χ3n) is 4.25. The summed E-state index contributed by atoms with van der Waals surface area (Å²) in [5.41, 5.74) is 1.77. The Hall–Kier alpha value is -2.02. The van der Waals surface area contributed by atoms with Gasteiger partial charge in [0.25, 0.3) is 0 Å². The molecule has 0 aliphatic carbocycles. The summed E-state index contributed by atoms with van der Waals surface area (Å²) < 4.78 is 0. The van der Waals surface area contributed by atoms with Crippen molar-refractivity contribution in [3.8, 4) is 0 Å². The Labute approximate surface area is 142 Å². The molecular weight excluding hydrogens is 308 g/mol. The first-order valence-corrected chi connectivity index (χ1v) is 8.34. The fourth-order valence-electron chi connectivity index (χ4n) is 3.03. The van der Waals surface area contributed by atoms with Gasteiger partial charge in [-0.05, 0) is 38.8 Å². The quantitative estimate of drug-likeness (QED) is 0.837. The Morgan fingerprint density at radius 1 is 1.38 bits per heavy atom. The van der Waals surface area contributed by atoms with E-state index < -0.39 is 5.97 Å². The summed E-state index contributed by atoms with van der Waals surface area (Å²) in [6.45, 7) is 3.47. The summed E-state index contributed by atoms with van der Waals surface area (Å²) in [4.78, 5) is 35.4. The first kappa shape index (κ1) is 18.3. The van der Waals surface area contributed by atoms with Crippen molar-refractivity contribution >= 4 is 11.9 Å². The molecule has 1 fully saturated rings. The monoisotopic (exact) mass is 334 g/mol. The van der Waals surface area contributed by atoms with E-state index in [9.17, 15) is 9.59 Å². The lowest BCUT2D eigenvalue weighted by molar-refractivity contribution is -0.138. The van der Waals surface area contributed by atoms with Gasteiger partial charge >= 0.3 is 5.97 Å². The van der Waals surface area contributed by atoms with Gasteiger partial charge in [-0.1, -0.05) is 0 Å². The molecule has 0 spiro atoms. The number of aryl methyl sites for hydroxylation is 2. The van der Waals surface area contributed by atoms with E-state index in [2.05, 4.69) is 9.97 Å². The van der Waals surface area contributed by atoms with Crippen LogP contribution < -0.4 is 0 Å².